The third-order valence-corrected chi connectivity index (χ3v) is 5.65. The van der Waals surface area contributed by atoms with Crippen molar-refractivity contribution in [3.63, 3.8) is 0 Å². The van der Waals surface area contributed by atoms with Crippen molar-refractivity contribution in [2.24, 2.45) is 0 Å². The van der Waals surface area contributed by atoms with Crippen molar-refractivity contribution in [2.75, 3.05) is 25.0 Å². The molecule has 1 aromatic rings. The number of likely N-dealkylation sites (tertiary alicyclic amines) is 1. The van der Waals surface area contributed by atoms with Crippen molar-refractivity contribution in [2.45, 2.75) is 42.2 Å². The van der Waals surface area contributed by atoms with Gasteiger partial charge in [-0.05, 0) is 25.0 Å². The van der Waals surface area contributed by atoms with Gasteiger partial charge in [0.2, 0.25) is 5.91 Å². The number of para-hydroxylation sites is 1. The van der Waals surface area contributed by atoms with Gasteiger partial charge in [-0.3, -0.25) is 14.4 Å². The Labute approximate surface area is 151 Å². The predicted molar refractivity (Wildman–Crippen MR) is 95.3 cm³/mol. The topological polar surface area (TPSA) is 75.7 Å². The highest BCUT2D eigenvalue weighted by atomic mass is 32.2. The lowest BCUT2D eigenvalue weighted by atomic mass is 10.2. The zero-order valence-electron chi connectivity index (χ0n) is 14.0. The average molecular weight is 362 g/mol. The van der Waals surface area contributed by atoms with Crippen LogP contribution >= 0.6 is 11.8 Å². The van der Waals surface area contributed by atoms with Gasteiger partial charge in [0.25, 0.3) is 5.91 Å². The molecule has 25 heavy (non-hydrogen) atoms. The first-order valence-corrected chi connectivity index (χ1v) is 9.51. The Hall–Kier alpha value is -2.02. The second-order valence-corrected chi connectivity index (χ2v) is 7.50. The van der Waals surface area contributed by atoms with E-state index in [1.54, 1.807) is 4.90 Å². The lowest BCUT2D eigenvalue weighted by Gasteiger charge is -2.23. The van der Waals surface area contributed by atoms with Crippen LogP contribution in [0.25, 0.3) is 0 Å². The summed E-state index contributed by atoms with van der Waals surface area (Å²) in [4.78, 5) is 39.0. The van der Waals surface area contributed by atoms with E-state index in [1.165, 1.54) is 11.8 Å². The maximum atomic E-state index is 12.1. The van der Waals surface area contributed by atoms with Crippen LogP contribution in [0.1, 0.15) is 32.1 Å². The van der Waals surface area contributed by atoms with Crippen LogP contribution in [-0.2, 0) is 19.1 Å². The Kier molecular flexibility index (Phi) is 5.96. The van der Waals surface area contributed by atoms with Crippen LogP contribution in [0.2, 0.25) is 0 Å². The van der Waals surface area contributed by atoms with Crippen molar-refractivity contribution in [1.29, 1.82) is 0 Å². The third-order valence-electron chi connectivity index (χ3n) is 4.37. The molecule has 2 aliphatic rings. The molecule has 0 spiro atoms. The molecule has 2 amide bonds. The minimum Gasteiger partial charge on any atom is -0.456 e. The number of esters is 1. The van der Waals surface area contributed by atoms with Gasteiger partial charge in [-0.2, -0.15) is 0 Å². The number of nitrogens with zero attached hydrogens (tertiary/aromatic N) is 1. The second-order valence-electron chi connectivity index (χ2n) is 6.25. The summed E-state index contributed by atoms with van der Waals surface area (Å²) >= 11 is 1.35. The van der Waals surface area contributed by atoms with E-state index in [0.29, 0.717) is 0 Å². The average Bonchev–Trinajstić information content (AvgIpc) is 2.90. The van der Waals surface area contributed by atoms with Crippen LogP contribution in [0, 0.1) is 0 Å². The highest BCUT2D eigenvalue weighted by molar-refractivity contribution is 8.01. The summed E-state index contributed by atoms with van der Waals surface area (Å²) in [5, 5.41) is 2.26. The number of amides is 2. The number of hydrogen-bond donors (Lipinski definition) is 1. The van der Waals surface area contributed by atoms with Crippen molar-refractivity contribution >= 4 is 35.2 Å². The van der Waals surface area contributed by atoms with Crippen molar-refractivity contribution < 1.29 is 19.1 Å². The standard InChI is InChI=1S/C18H22N2O4S/c21-16(20-9-5-1-2-6-10-20)12-24-17(22)11-15-18(23)19-13-7-3-4-8-14(13)25-15/h3-4,7-8,15H,1-2,5-6,9-12H2,(H,19,23)/t15-/m0/s1. The van der Waals surface area contributed by atoms with E-state index in [4.69, 9.17) is 4.74 Å². The maximum absolute atomic E-state index is 12.1. The minimum atomic E-state index is -0.532. The van der Waals surface area contributed by atoms with Gasteiger partial charge in [-0.15, -0.1) is 11.8 Å². The van der Waals surface area contributed by atoms with Crippen LogP contribution in [0.4, 0.5) is 5.69 Å². The first kappa shape index (κ1) is 17.8. The number of hydrogen-bond acceptors (Lipinski definition) is 5. The number of fused-ring (bicyclic) bond motifs is 1. The van der Waals surface area contributed by atoms with Gasteiger partial charge in [0.1, 0.15) is 0 Å². The van der Waals surface area contributed by atoms with Gasteiger partial charge >= 0.3 is 5.97 Å². The number of rotatable bonds is 4. The fraction of sp³-hybridized carbons (Fsp3) is 0.500. The summed E-state index contributed by atoms with van der Waals surface area (Å²) in [6, 6.07) is 7.47. The van der Waals surface area contributed by atoms with E-state index >= 15 is 0 Å². The highest BCUT2D eigenvalue weighted by Gasteiger charge is 2.29. The van der Waals surface area contributed by atoms with E-state index in [1.807, 2.05) is 24.3 Å². The number of nitrogens with one attached hydrogen (secondary N) is 1. The van der Waals surface area contributed by atoms with Gasteiger partial charge in [-0.1, -0.05) is 25.0 Å². The summed E-state index contributed by atoms with van der Waals surface area (Å²) in [7, 11) is 0. The molecule has 3 rings (SSSR count). The van der Waals surface area contributed by atoms with Crippen LogP contribution in [-0.4, -0.2) is 47.6 Å². The molecule has 0 aliphatic carbocycles. The van der Waals surface area contributed by atoms with Crippen molar-refractivity contribution in [1.82, 2.24) is 4.90 Å². The molecule has 0 saturated carbocycles. The smallest absolute Gasteiger partial charge is 0.307 e. The van der Waals surface area contributed by atoms with Crippen molar-refractivity contribution in [3.05, 3.63) is 24.3 Å². The molecule has 1 saturated heterocycles. The van der Waals surface area contributed by atoms with Gasteiger partial charge in [0.15, 0.2) is 6.61 Å². The first-order chi connectivity index (χ1) is 12.1. The summed E-state index contributed by atoms with van der Waals surface area (Å²) in [5.41, 5.74) is 0.762. The second kappa shape index (κ2) is 8.38. The van der Waals surface area contributed by atoms with E-state index < -0.39 is 11.2 Å². The molecular formula is C18H22N2O4S. The molecule has 0 unspecified atom stereocenters. The van der Waals surface area contributed by atoms with Crippen LogP contribution in [0.5, 0.6) is 0 Å². The Bertz CT molecular complexity index is 656. The number of carbonyl (C=O) groups is 3. The number of benzene rings is 1. The Balaban J connectivity index is 1.48. The molecule has 2 heterocycles. The summed E-state index contributed by atoms with van der Waals surface area (Å²) < 4.78 is 5.11. The first-order valence-electron chi connectivity index (χ1n) is 8.63. The summed E-state index contributed by atoms with van der Waals surface area (Å²) in [6.07, 6.45) is 4.23. The molecule has 1 aromatic carbocycles. The molecule has 7 heteroatoms. The van der Waals surface area contributed by atoms with E-state index in [2.05, 4.69) is 5.32 Å². The molecule has 2 aliphatic heterocycles. The molecule has 0 aromatic heterocycles. The molecule has 6 nitrogen and oxygen atoms in total. The van der Waals surface area contributed by atoms with Gasteiger partial charge in [0, 0.05) is 18.0 Å². The molecule has 1 atom stereocenters. The fourth-order valence-corrected chi connectivity index (χ4v) is 4.09. The zero-order chi connectivity index (χ0) is 17.6. The maximum Gasteiger partial charge on any atom is 0.307 e. The molecule has 1 fully saturated rings. The predicted octanol–water partition coefficient (Wildman–Crippen LogP) is 2.44. The molecule has 134 valence electrons. The SMILES string of the molecule is O=C(C[C@@H]1Sc2ccccc2NC1=O)OCC(=O)N1CCCCCC1. The number of anilines is 1. The molecular weight excluding hydrogens is 340 g/mol. The highest BCUT2D eigenvalue weighted by Crippen LogP contribution is 2.36. The third kappa shape index (κ3) is 4.75. The van der Waals surface area contributed by atoms with Gasteiger partial charge < -0.3 is 15.0 Å². The largest absolute Gasteiger partial charge is 0.456 e. The number of ether oxygens (including phenoxy) is 1. The monoisotopic (exact) mass is 362 g/mol. The minimum absolute atomic E-state index is 0.0435. The number of carbonyl (C=O) groups excluding carboxylic acids is 3. The van der Waals surface area contributed by atoms with Crippen molar-refractivity contribution in [3.8, 4) is 0 Å². The van der Waals surface area contributed by atoms with E-state index in [-0.39, 0.29) is 24.8 Å². The summed E-state index contributed by atoms with van der Waals surface area (Å²) in [6.45, 7) is 1.22. The zero-order valence-corrected chi connectivity index (χ0v) is 14.8. The quantitative estimate of drug-likeness (QED) is 0.833. The summed E-state index contributed by atoms with van der Waals surface area (Å²) in [5.74, 6) is -0.879. The van der Waals surface area contributed by atoms with Crippen LogP contribution in [0.15, 0.2) is 29.2 Å². The lowest BCUT2D eigenvalue weighted by molar-refractivity contribution is -0.152. The lowest BCUT2D eigenvalue weighted by Crippen LogP contribution is -2.36. The van der Waals surface area contributed by atoms with Gasteiger partial charge in [-0.25, -0.2) is 0 Å². The van der Waals surface area contributed by atoms with Crippen LogP contribution < -0.4 is 5.32 Å². The van der Waals surface area contributed by atoms with E-state index in [0.717, 1.165) is 49.4 Å². The normalized spacial score (nSPS) is 20.2. The number of thioether (sulfide) groups is 1. The van der Waals surface area contributed by atoms with Crippen LogP contribution in [0.3, 0.4) is 0 Å². The van der Waals surface area contributed by atoms with Gasteiger partial charge in [0.05, 0.1) is 17.4 Å². The Morgan fingerprint density at radius 3 is 2.64 bits per heavy atom. The molecule has 0 radical (unpaired) electrons. The molecule has 0 bridgehead atoms. The Morgan fingerprint density at radius 2 is 1.88 bits per heavy atom. The van der Waals surface area contributed by atoms with E-state index in [9.17, 15) is 14.4 Å². The fourth-order valence-electron chi connectivity index (χ4n) is 2.99. The Morgan fingerprint density at radius 1 is 1.16 bits per heavy atom. The molecule has 1 N–H and O–H groups in total.